The number of benzene rings is 1. The Bertz CT molecular complexity index is 393. The normalized spacial score (nSPS) is 18.5. The van der Waals surface area contributed by atoms with E-state index in [-0.39, 0.29) is 5.92 Å². The smallest absolute Gasteiger partial charge is 0.307 e. The number of halogens is 1. The van der Waals surface area contributed by atoms with E-state index in [9.17, 15) is 9.90 Å². The summed E-state index contributed by atoms with van der Waals surface area (Å²) in [5.41, 5.74) is 1.07. The first-order valence-electron chi connectivity index (χ1n) is 6.64. The third-order valence-corrected chi connectivity index (χ3v) is 4.16. The van der Waals surface area contributed by atoms with Gasteiger partial charge in [-0.3, -0.25) is 4.79 Å². The molecule has 1 aromatic carbocycles. The van der Waals surface area contributed by atoms with E-state index >= 15 is 0 Å². The molecular weight excluding hydrogens is 248 g/mol. The van der Waals surface area contributed by atoms with Gasteiger partial charge in [-0.25, -0.2) is 0 Å². The number of hydrogen-bond donors (Lipinski definition) is 1. The van der Waals surface area contributed by atoms with Crippen LogP contribution in [0.1, 0.15) is 37.7 Å². The van der Waals surface area contributed by atoms with Gasteiger partial charge in [0, 0.05) is 5.02 Å². The Morgan fingerprint density at radius 2 is 1.83 bits per heavy atom. The van der Waals surface area contributed by atoms with Crippen LogP contribution in [-0.4, -0.2) is 11.1 Å². The molecular formula is C15H19ClO2. The minimum atomic E-state index is -0.656. The van der Waals surface area contributed by atoms with Gasteiger partial charge >= 0.3 is 5.97 Å². The van der Waals surface area contributed by atoms with Crippen molar-refractivity contribution in [3.05, 3.63) is 34.9 Å². The lowest BCUT2D eigenvalue weighted by Crippen LogP contribution is -2.27. The highest BCUT2D eigenvalue weighted by Gasteiger charge is 2.29. The molecule has 0 aliphatic heterocycles. The standard InChI is InChI=1S/C15H19ClO2/c16-13-8-6-11(7-9-13)10-14(15(17)18)12-4-2-1-3-5-12/h6-9,12,14H,1-5,10H2,(H,17,18). The average Bonchev–Trinajstić information content (AvgIpc) is 2.38. The van der Waals surface area contributed by atoms with Crippen LogP contribution in [0.5, 0.6) is 0 Å². The van der Waals surface area contributed by atoms with Gasteiger partial charge in [-0.1, -0.05) is 43.0 Å². The molecule has 1 fully saturated rings. The van der Waals surface area contributed by atoms with E-state index in [1.165, 1.54) is 19.3 Å². The predicted octanol–water partition coefficient (Wildman–Crippen LogP) is 4.16. The first-order valence-corrected chi connectivity index (χ1v) is 7.02. The summed E-state index contributed by atoms with van der Waals surface area (Å²) in [6, 6.07) is 7.52. The first kappa shape index (κ1) is 13.4. The Kier molecular flexibility index (Phi) is 4.65. The van der Waals surface area contributed by atoms with Crippen LogP contribution in [0, 0.1) is 11.8 Å². The molecule has 0 aromatic heterocycles. The SMILES string of the molecule is O=C(O)C(Cc1ccc(Cl)cc1)C1CCCCC1. The minimum absolute atomic E-state index is 0.244. The lowest BCUT2D eigenvalue weighted by molar-refractivity contribution is -0.144. The number of carbonyl (C=O) groups is 1. The zero-order chi connectivity index (χ0) is 13.0. The maximum atomic E-state index is 11.4. The molecule has 18 heavy (non-hydrogen) atoms. The van der Waals surface area contributed by atoms with Gasteiger partial charge in [-0.05, 0) is 42.9 Å². The summed E-state index contributed by atoms with van der Waals surface area (Å²) in [7, 11) is 0. The Labute approximate surface area is 113 Å². The summed E-state index contributed by atoms with van der Waals surface area (Å²) >= 11 is 5.84. The number of hydrogen-bond acceptors (Lipinski definition) is 1. The van der Waals surface area contributed by atoms with Crippen molar-refractivity contribution < 1.29 is 9.90 Å². The number of carboxylic acid groups (broad SMARTS) is 1. The zero-order valence-electron chi connectivity index (χ0n) is 10.4. The van der Waals surface area contributed by atoms with Crippen molar-refractivity contribution in [1.29, 1.82) is 0 Å². The predicted molar refractivity (Wildman–Crippen MR) is 72.9 cm³/mol. The largest absolute Gasteiger partial charge is 0.481 e. The second-order valence-corrected chi connectivity index (χ2v) is 5.61. The van der Waals surface area contributed by atoms with E-state index in [1.54, 1.807) is 0 Å². The monoisotopic (exact) mass is 266 g/mol. The molecule has 1 unspecified atom stereocenters. The summed E-state index contributed by atoms with van der Waals surface area (Å²) in [6.07, 6.45) is 6.35. The van der Waals surface area contributed by atoms with Crippen LogP contribution in [0.15, 0.2) is 24.3 Å². The van der Waals surface area contributed by atoms with E-state index in [1.807, 2.05) is 24.3 Å². The van der Waals surface area contributed by atoms with Crippen LogP contribution >= 0.6 is 11.6 Å². The molecule has 3 heteroatoms. The van der Waals surface area contributed by atoms with Gasteiger partial charge in [0.25, 0.3) is 0 Å². The molecule has 1 aliphatic rings. The average molecular weight is 267 g/mol. The first-order chi connectivity index (χ1) is 8.66. The molecule has 1 saturated carbocycles. The van der Waals surface area contributed by atoms with Gasteiger partial charge < -0.3 is 5.11 Å². The van der Waals surface area contributed by atoms with Crippen molar-refractivity contribution in [2.45, 2.75) is 38.5 Å². The molecule has 0 amide bonds. The van der Waals surface area contributed by atoms with Crippen LogP contribution < -0.4 is 0 Å². The van der Waals surface area contributed by atoms with Crippen molar-refractivity contribution in [2.75, 3.05) is 0 Å². The van der Waals surface area contributed by atoms with E-state index in [4.69, 9.17) is 11.6 Å². The maximum absolute atomic E-state index is 11.4. The van der Waals surface area contributed by atoms with Crippen LogP contribution in [-0.2, 0) is 11.2 Å². The summed E-state index contributed by atoms with van der Waals surface area (Å²) < 4.78 is 0. The van der Waals surface area contributed by atoms with E-state index in [2.05, 4.69) is 0 Å². The number of carboxylic acids is 1. The number of aliphatic carboxylic acids is 1. The van der Waals surface area contributed by atoms with Gasteiger partial charge in [0.05, 0.1) is 5.92 Å². The quantitative estimate of drug-likeness (QED) is 0.888. The summed E-state index contributed by atoms with van der Waals surface area (Å²) in [5.74, 6) is -0.560. The molecule has 0 heterocycles. The van der Waals surface area contributed by atoms with E-state index in [0.717, 1.165) is 18.4 Å². The van der Waals surface area contributed by atoms with Crippen LogP contribution in [0.2, 0.25) is 5.02 Å². The summed E-state index contributed by atoms with van der Waals surface area (Å²) in [4.78, 5) is 11.4. The molecule has 2 rings (SSSR count). The van der Waals surface area contributed by atoms with Gasteiger partial charge in [-0.2, -0.15) is 0 Å². The molecule has 1 atom stereocenters. The van der Waals surface area contributed by atoms with Crippen LogP contribution in [0.4, 0.5) is 0 Å². The van der Waals surface area contributed by atoms with Crippen LogP contribution in [0.3, 0.4) is 0 Å². The fourth-order valence-corrected chi connectivity index (χ4v) is 2.99. The van der Waals surface area contributed by atoms with E-state index < -0.39 is 5.97 Å². The van der Waals surface area contributed by atoms with Crippen molar-refractivity contribution in [3.8, 4) is 0 Å². The third-order valence-electron chi connectivity index (χ3n) is 3.90. The lowest BCUT2D eigenvalue weighted by Gasteiger charge is -2.27. The summed E-state index contributed by atoms with van der Waals surface area (Å²) in [6.45, 7) is 0. The van der Waals surface area contributed by atoms with Crippen LogP contribution in [0.25, 0.3) is 0 Å². The second-order valence-electron chi connectivity index (χ2n) is 5.17. The molecule has 1 N–H and O–H groups in total. The minimum Gasteiger partial charge on any atom is -0.481 e. The van der Waals surface area contributed by atoms with Crippen molar-refractivity contribution in [3.63, 3.8) is 0 Å². The van der Waals surface area contributed by atoms with Gasteiger partial charge in [-0.15, -0.1) is 0 Å². The summed E-state index contributed by atoms with van der Waals surface area (Å²) in [5, 5.41) is 10.1. The van der Waals surface area contributed by atoms with Gasteiger partial charge in [0.2, 0.25) is 0 Å². The lowest BCUT2D eigenvalue weighted by atomic mass is 9.77. The third kappa shape index (κ3) is 3.49. The van der Waals surface area contributed by atoms with E-state index in [0.29, 0.717) is 17.4 Å². The maximum Gasteiger partial charge on any atom is 0.307 e. The van der Waals surface area contributed by atoms with Gasteiger partial charge in [0.1, 0.15) is 0 Å². The molecule has 98 valence electrons. The fraction of sp³-hybridized carbons (Fsp3) is 0.533. The molecule has 0 saturated heterocycles. The Morgan fingerprint density at radius 1 is 1.22 bits per heavy atom. The molecule has 0 radical (unpaired) electrons. The Morgan fingerprint density at radius 3 is 2.39 bits per heavy atom. The molecule has 0 bridgehead atoms. The van der Waals surface area contributed by atoms with Crippen molar-refractivity contribution >= 4 is 17.6 Å². The second kappa shape index (κ2) is 6.24. The fourth-order valence-electron chi connectivity index (χ4n) is 2.87. The highest BCUT2D eigenvalue weighted by Crippen LogP contribution is 2.32. The topological polar surface area (TPSA) is 37.3 Å². The zero-order valence-corrected chi connectivity index (χ0v) is 11.2. The highest BCUT2D eigenvalue weighted by atomic mass is 35.5. The highest BCUT2D eigenvalue weighted by molar-refractivity contribution is 6.30. The van der Waals surface area contributed by atoms with Gasteiger partial charge in [0.15, 0.2) is 0 Å². The molecule has 1 aliphatic carbocycles. The number of rotatable bonds is 4. The molecule has 0 spiro atoms. The van der Waals surface area contributed by atoms with Crippen molar-refractivity contribution in [1.82, 2.24) is 0 Å². The Balaban J connectivity index is 2.05. The molecule has 2 nitrogen and oxygen atoms in total. The van der Waals surface area contributed by atoms with Crippen molar-refractivity contribution in [2.24, 2.45) is 11.8 Å². The molecule has 1 aromatic rings. The Hall–Kier alpha value is -1.02.